The molecular weight excluding hydrogens is 242 g/mol. The van der Waals surface area contributed by atoms with Gasteiger partial charge in [0, 0.05) is 42.5 Å². The summed E-state index contributed by atoms with van der Waals surface area (Å²) in [7, 11) is 0. The van der Waals surface area contributed by atoms with Crippen LogP contribution < -0.4 is 5.32 Å². The zero-order valence-electron chi connectivity index (χ0n) is 11.5. The van der Waals surface area contributed by atoms with E-state index in [1.54, 1.807) is 10.9 Å². The molecule has 0 radical (unpaired) electrons. The molecule has 2 heterocycles. The molecule has 0 bridgehead atoms. The van der Waals surface area contributed by atoms with E-state index in [1.807, 2.05) is 18.3 Å². The Morgan fingerprint density at radius 2 is 2.26 bits per heavy atom. The van der Waals surface area contributed by atoms with Crippen LogP contribution in [-0.4, -0.2) is 25.9 Å². The smallest absolute Gasteiger partial charge is 0.227 e. The van der Waals surface area contributed by atoms with Crippen LogP contribution in [0.4, 0.5) is 5.82 Å². The maximum absolute atomic E-state index is 11.8. The molecule has 1 amide bonds. The number of hydrogen-bond donors (Lipinski definition) is 2. The largest absolute Gasteiger partial charge is 0.309 e. The predicted octanol–water partition coefficient (Wildman–Crippen LogP) is 1.93. The number of aryl methyl sites for hydroxylation is 1. The molecule has 6 nitrogen and oxygen atoms in total. The summed E-state index contributed by atoms with van der Waals surface area (Å²) >= 11 is 0. The summed E-state index contributed by atoms with van der Waals surface area (Å²) in [6.07, 6.45) is 3.90. The maximum Gasteiger partial charge on any atom is 0.227 e. The van der Waals surface area contributed by atoms with Crippen LogP contribution >= 0.6 is 0 Å². The fourth-order valence-electron chi connectivity index (χ4n) is 1.62. The van der Waals surface area contributed by atoms with E-state index in [0.717, 1.165) is 5.69 Å². The summed E-state index contributed by atoms with van der Waals surface area (Å²) in [5.41, 5.74) is 0.986. The molecule has 19 heavy (non-hydrogen) atoms. The van der Waals surface area contributed by atoms with Crippen molar-refractivity contribution in [2.45, 2.75) is 39.2 Å². The van der Waals surface area contributed by atoms with Gasteiger partial charge in [0.1, 0.15) is 0 Å². The number of hydrogen-bond acceptors (Lipinski definition) is 3. The number of rotatable bonds is 4. The molecule has 2 rings (SSSR count). The fourth-order valence-corrected chi connectivity index (χ4v) is 1.62. The number of aromatic nitrogens is 4. The molecule has 2 N–H and O–H groups in total. The van der Waals surface area contributed by atoms with Gasteiger partial charge in [-0.05, 0) is 6.07 Å². The third-order valence-electron chi connectivity index (χ3n) is 2.78. The zero-order valence-corrected chi connectivity index (χ0v) is 11.5. The lowest BCUT2D eigenvalue weighted by atomic mass is 9.92. The number of nitrogens with one attached hydrogen (secondary N) is 2. The van der Waals surface area contributed by atoms with Gasteiger partial charge in [-0.15, -0.1) is 0 Å². The lowest BCUT2D eigenvalue weighted by Gasteiger charge is -2.14. The van der Waals surface area contributed by atoms with Gasteiger partial charge in [-0.25, -0.2) is 0 Å². The van der Waals surface area contributed by atoms with Gasteiger partial charge in [-0.1, -0.05) is 20.8 Å². The molecule has 0 aliphatic carbocycles. The van der Waals surface area contributed by atoms with E-state index >= 15 is 0 Å². The van der Waals surface area contributed by atoms with Gasteiger partial charge in [0.15, 0.2) is 5.82 Å². The molecule has 0 fully saturated rings. The molecule has 6 heteroatoms. The Bertz CT molecular complexity index is 536. The number of nitrogens with zero attached hydrogens (tertiary/aromatic N) is 3. The van der Waals surface area contributed by atoms with Crippen molar-refractivity contribution in [2.24, 2.45) is 0 Å². The highest BCUT2D eigenvalue weighted by Crippen LogP contribution is 2.21. The minimum absolute atomic E-state index is 0.00889. The minimum atomic E-state index is -0.0672. The first-order valence-electron chi connectivity index (χ1n) is 6.28. The summed E-state index contributed by atoms with van der Waals surface area (Å²) < 4.78 is 1.73. The Hall–Kier alpha value is -2.11. The Balaban J connectivity index is 1.87. The molecule has 0 atom stereocenters. The van der Waals surface area contributed by atoms with Crippen LogP contribution in [0.25, 0.3) is 0 Å². The van der Waals surface area contributed by atoms with Crippen molar-refractivity contribution in [3.05, 3.63) is 30.2 Å². The van der Waals surface area contributed by atoms with Crippen LogP contribution in [0.5, 0.6) is 0 Å². The van der Waals surface area contributed by atoms with Gasteiger partial charge in [0.25, 0.3) is 0 Å². The van der Waals surface area contributed by atoms with Gasteiger partial charge < -0.3 is 5.32 Å². The predicted molar refractivity (Wildman–Crippen MR) is 72.8 cm³/mol. The van der Waals surface area contributed by atoms with E-state index in [1.165, 1.54) is 0 Å². The third kappa shape index (κ3) is 3.67. The number of aromatic amines is 1. The van der Waals surface area contributed by atoms with Crippen LogP contribution in [-0.2, 0) is 16.8 Å². The average molecular weight is 261 g/mol. The molecule has 0 aromatic carbocycles. The number of carbonyl (C=O) groups is 1. The van der Waals surface area contributed by atoms with Crippen LogP contribution in [0.2, 0.25) is 0 Å². The van der Waals surface area contributed by atoms with Crippen LogP contribution in [0.15, 0.2) is 24.5 Å². The topological polar surface area (TPSA) is 75.6 Å². The first kappa shape index (κ1) is 13.3. The second kappa shape index (κ2) is 5.26. The zero-order chi connectivity index (χ0) is 13.9. The quantitative estimate of drug-likeness (QED) is 0.883. The highest BCUT2D eigenvalue weighted by molar-refractivity contribution is 5.89. The van der Waals surface area contributed by atoms with E-state index in [4.69, 9.17) is 0 Å². The summed E-state index contributed by atoms with van der Waals surface area (Å²) in [6, 6.07) is 3.70. The highest BCUT2D eigenvalue weighted by atomic mass is 16.1. The van der Waals surface area contributed by atoms with Gasteiger partial charge in [0.2, 0.25) is 5.91 Å². The Morgan fingerprint density at radius 3 is 2.84 bits per heavy atom. The molecule has 102 valence electrons. The molecule has 0 aliphatic heterocycles. The molecule has 0 unspecified atom stereocenters. The molecule has 0 saturated carbocycles. The number of H-pyrrole nitrogens is 1. The Labute approximate surface area is 112 Å². The van der Waals surface area contributed by atoms with Gasteiger partial charge >= 0.3 is 0 Å². The van der Waals surface area contributed by atoms with E-state index in [0.29, 0.717) is 18.8 Å². The van der Waals surface area contributed by atoms with Crippen molar-refractivity contribution in [3.63, 3.8) is 0 Å². The van der Waals surface area contributed by atoms with Crippen molar-refractivity contribution in [1.82, 2.24) is 20.0 Å². The molecule has 2 aromatic rings. The van der Waals surface area contributed by atoms with E-state index in [-0.39, 0.29) is 11.3 Å². The van der Waals surface area contributed by atoms with Crippen molar-refractivity contribution >= 4 is 11.7 Å². The van der Waals surface area contributed by atoms with Crippen molar-refractivity contribution in [2.75, 3.05) is 5.32 Å². The first-order valence-corrected chi connectivity index (χ1v) is 6.28. The summed E-state index contributed by atoms with van der Waals surface area (Å²) in [4.78, 5) is 11.8. The molecule has 0 saturated heterocycles. The fraction of sp³-hybridized carbons (Fsp3) is 0.462. The lowest BCUT2D eigenvalue weighted by Crippen LogP contribution is -2.15. The van der Waals surface area contributed by atoms with Crippen LogP contribution in [0.1, 0.15) is 32.9 Å². The third-order valence-corrected chi connectivity index (χ3v) is 2.78. The second-order valence-electron chi connectivity index (χ2n) is 5.48. The summed E-state index contributed by atoms with van der Waals surface area (Å²) in [5, 5.41) is 13.8. The lowest BCUT2D eigenvalue weighted by molar-refractivity contribution is -0.116. The van der Waals surface area contributed by atoms with Crippen LogP contribution in [0, 0.1) is 0 Å². The SMILES string of the molecule is CC(C)(C)c1cc(NC(=O)CCn2cccn2)n[nH]1. The molecule has 0 aliphatic rings. The molecule has 2 aromatic heterocycles. The number of carbonyl (C=O) groups excluding carboxylic acids is 1. The summed E-state index contributed by atoms with van der Waals surface area (Å²) in [6.45, 7) is 6.83. The first-order chi connectivity index (χ1) is 8.95. The number of anilines is 1. The highest BCUT2D eigenvalue weighted by Gasteiger charge is 2.17. The van der Waals surface area contributed by atoms with E-state index < -0.39 is 0 Å². The Kier molecular flexibility index (Phi) is 3.69. The minimum Gasteiger partial charge on any atom is -0.309 e. The van der Waals surface area contributed by atoms with Crippen molar-refractivity contribution in [3.8, 4) is 0 Å². The monoisotopic (exact) mass is 261 g/mol. The van der Waals surface area contributed by atoms with Crippen molar-refractivity contribution < 1.29 is 4.79 Å². The number of amides is 1. The average Bonchev–Trinajstić information content (AvgIpc) is 2.95. The van der Waals surface area contributed by atoms with Crippen LogP contribution in [0.3, 0.4) is 0 Å². The molecule has 0 spiro atoms. The normalized spacial score (nSPS) is 11.5. The van der Waals surface area contributed by atoms with E-state index in [9.17, 15) is 4.79 Å². The van der Waals surface area contributed by atoms with Gasteiger partial charge in [0.05, 0.1) is 0 Å². The van der Waals surface area contributed by atoms with E-state index in [2.05, 4.69) is 41.4 Å². The van der Waals surface area contributed by atoms with Crippen molar-refractivity contribution in [1.29, 1.82) is 0 Å². The maximum atomic E-state index is 11.8. The summed E-state index contributed by atoms with van der Waals surface area (Å²) in [5.74, 6) is 0.498. The Morgan fingerprint density at radius 1 is 1.47 bits per heavy atom. The van der Waals surface area contributed by atoms with Gasteiger partial charge in [-0.2, -0.15) is 10.2 Å². The standard InChI is InChI=1S/C13H19N5O/c1-13(2,3)10-9-11(17-16-10)15-12(19)5-8-18-7-4-6-14-18/h4,6-7,9H,5,8H2,1-3H3,(H2,15,16,17,19). The molecular formula is C13H19N5O. The van der Waals surface area contributed by atoms with Gasteiger partial charge in [-0.3, -0.25) is 14.6 Å². The second-order valence-corrected chi connectivity index (χ2v) is 5.48.